The Morgan fingerprint density at radius 3 is 2.50 bits per heavy atom. The van der Waals surface area contributed by atoms with Gasteiger partial charge in [-0.2, -0.15) is 0 Å². The summed E-state index contributed by atoms with van der Waals surface area (Å²) in [6.07, 6.45) is 0. The van der Waals surface area contributed by atoms with Crippen LogP contribution in [-0.4, -0.2) is 47.5 Å². The summed E-state index contributed by atoms with van der Waals surface area (Å²) in [6.45, 7) is 6.51. The van der Waals surface area contributed by atoms with E-state index in [1.54, 1.807) is 12.1 Å². The molecule has 0 bridgehead atoms. The van der Waals surface area contributed by atoms with E-state index in [2.05, 4.69) is 0 Å². The van der Waals surface area contributed by atoms with Gasteiger partial charge in [0.1, 0.15) is 5.75 Å². The van der Waals surface area contributed by atoms with Crippen LogP contribution in [0.25, 0.3) is 0 Å². The highest BCUT2D eigenvalue weighted by molar-refractivity contribution is 5.78. The Morgan fingerprint density at radius 2 is 1.94 bits per heavy atom. The molecule has 0 saturated heterocycles. The third-order valence-electron chi connectivity index (χ3n) is 2.88. The van der Waals surface area contributed by atoms with Crippen molar-refractivity contribution in [1.29, 1.82) is 0 Å². The van der Waals surface area contributed by atoms with Gasteiger partial charge in [0.05, 0.1) is 6.54 Å². The van der Waals surface area contributed by atoms with Gasteiger partial charge in [-0.1, -0.05) is 12.1 Å². The molecule has 18 heavy (non-hydrogen) atoms. The molecule has 0 atom stereocenters. The van der Waals surface area contributed by atoms with Gasteiger partial charge in [0, 0.05) is 19.6 Å². The maximum atomic E-state index is 11.9. The van der Waals surface area contributed by atoms with E-state index in [1.807, 2.05) is 42.8 Å². The monoisotopic (exact) mass is 250 g/mol. The molecule has 4 nitrogen and oxygen atoms in total. The summed E-state index contributed by atoms with van der Waals surface area (Å²) < 4.78 is 0. The number of carbonyl (C=O) groups excluding carboxylic acids is 1. The average Bonchev–Trinajstić information content (AvgIpc) is 2.30. The zero-order valence-corrected chi connectivity index (χ0v) is 11.4. The minimum absolute atomic E-state index is 0.141. The van der Waals surface area contributed by atoms with Gasteiger partial charge < -0.3 is 10.0 Å². The van der Waals surface area contributed by atoms with Gasteiger partial charge in [0.25, 0.3) is 0 Å². The lowest BCUT2D eigenvalue weighted by Gasteiger charge is -2.23. The van der Waals surface area contributed by atoms with E-state index in [0.29, 0.717) is 13.1 Å². The van der Waals surface area contributed by atoms with Gasteiger partial charge >= 0.3 is 0 Å². The number of benzene rings is 1. The molecule has 1 N–H and O–H groups in total. The molecule has 4 heteroatoms. The molecule has 0 aromatic heterocycles. The Balaban J connectivity index is 2.51. The molecule has 0 aliphatic carbocycles. The van der Waals surface area contributed by atoms with E-state index in [-0.39, 0.29) is 11.7 Å². The van der Waals surface area contributed by atoms with Gasteiger partial charge in [0.15, 0.2) is 0 Å². The highest BCUT2D eigenvalue weighted by atomic mass is 16.3. The number of carbonyl (C=O) groups is 1. The number of phenols is 1. The zero-order valence-electron chi connectivity index (χ0n) is 11.4. The van der Waals surface area contributed by atoms with E-state index in [0.717, 1.165) is 18.7 Å². The second-order valence-corrected chi connectivity index (χ2v) is 4.41. The molecule has 0 heterocycles. The minimum Gasteiger partial charge on any atom is -0.508 e. The SMILES string of the molecule is CCN(CC)C(=O)CN(C)Cc1cccc(O)c1. The van der Waals surface area contributed by atoms with Crippen LogP contribution in [0.4, 0.5) is 0 Å². The fourth-order valence-corrected chi connectivity index (χ4v) is 1.93. The van der Waals surface area contributed by atoms with Crippen LogP contribution in [0.3, 0.4) is 0 Å². The molecule has 1 rings (SSSR count). The number of hydrogen-bond acceptors (Lipinski definition) is 3. The molecule has 0 unspecified atom stereocenters. The van der Waals surface area contributed by atoms with Crippen molar-refractivity contribution in [1.82, 2.24) is 9.80 Å². The maximum absolute atomic E-state index is 11.9. The Kier molecular flexibility index (Phi) is 5.65. The summed E-state index contributed by atoms with van der Waals surface area (Å²) in [4.78, 5) is 15.7. The molecule has 0 aliphatic heterocycles. The Bertz CT molecular complexity index is 389. The molecular formula is C14H22N2O2. The first kappa shape index (κ1) is 14.5. The number of hydrogen-bond donors (Lipinski definition) is 1. The zero-order chi connectivity index (χ0) is 13.5. The van der Waals surface area contributed by atoms with Gasteiger partial charge in [-0.05, 0) is 38.6 Å². The quantitative estimate of drug-likeness (QED) is 0.835. The summed E-state index contributed by atoms with van der Waals surface area (Å²) in [7, 11) is 1.91. The maximum Gasteiger partial charge on any atom is 0.236 e. The molecular weight excluding hydrogens is 228 g/mol. The molecule has 0 aliphatic rings. The largest absolute Gasteiger partial charge is 0.508 e. The first-order valence-electron chi connectivity index (χ1n) is 6.31. The van der Waals surface area contributed by atoms with E-state index in [1.165, 1.54) is 0 Å². The average molecular weight is 250 g/mol. The molecule has 1 aromatic carbocycles. The van der Waals surface area contributed by atoms with Crippen molar-refractivity contribution >= 4 is 5.91 Å². The molecule has 100 valence electrons. The van der Waals surface area contributed by atoms with Gasteiger partial charge in [0.2, 0.25) is 5.91 Å². The van der Waals surface area contributed by atoms with E-state index in [4.69, 9.17) is 0 Å². The predicted molar refractivity (Wildman–Crippen MR) is 72.4 cm³/mol. The number of likely N-dealkylation sites (N-methyl/N-ethyl adjacent to an activating group) is 2. The van der Waals surface area contributed by atoms with Crippen molar-refractivity contribution in [2.75, 3.05) is 26.7 Å². The molecule has 0 saturated carbocycles. The van der Waals surface area contributed by atoms with E-state index >= 15 is 0 Å². The summed E-state index contributed by atoms with van der Waals surface area (Å²) in [5.74, 6) is 0.402. The minimum atomic E-state index is 0.141. The van der Waals surface area contributed by atoms with Crippen LogP contribution in [0.15, 0.2) is 24.3 Å². The normalized spacial score (nSPS) is 10.7. The van der Waals surface area contributed by atoms with Crippen molar-refractivity contribution in [3.8, 4) is 5.75 Å². The third kappa shape index (κ3) is 4.37. The Hall–Kier alpha value is -1.55. The number of phenolic OH excluding ortho intramolecular Hbond substituents is 1. The third-order valence-corrected chi connectivity index (χ3v) is 2.88. The van der Waals surface area contributed by atoms with Crippen LogP contribution < -0.4 is 0 Å². The van der Waals surface area contributed by atoms with Crippen LogP contribution in [-0.2, 0) is 11.3 Å². The van der Waals surface area contributed by atoms with E-state index in [9.17, 15) is 9.90 Å². The Morgan fingerprint density at radius 1 is 1.28 bits per heavy atom. The van der Waals surface area contributed by atoms with Crippen molar-refractivity contribution in [2.24, 2.45) is 0 Å². The molecule has 1 amide bonds. The lowest BCUT2D eigenvalue weighted by atomic mass is 10.2. The van der Waals surface area contributed by atoms with Crippen LogP contribution in [0, 0.1) is 0 Å². The van der Waals surface area contributed by atoms with Gasteiger partial charge in [-0.25, -0.2) is 0 Å². The fraction of sp³-hybridized carbons (Fsp3) is 0.500. The number of rotatable bonds is 6. The molecule has 0 fully saturated rings. The first-order chi connectivity index (χ1) is 8.56. The van der Waals surface area contributed by atoms with Crippen molar-refractivity contribution in [2.45, 2.75) is 20.4 Å². The summed E-state index contributed by atoms with van der Waals surface area (Å²) in [5.41, 5.74) is 1.00. The van der Waals surface area contributed by atoms with Gasteiger partial charge in [-0.15, -0.1) is 0 Å². The smallest absolute Gasteiger partial charge is 0.236 e. The van der Waals surface area contributed by atoms with Gasteiger partial charge in [-0.3, -0.25) is 9.69 Å². The van der Waals surface area contributed by atoms with Crippen molar-refractivity contribution in [3.63, 3.8) is 0 Å². The van der Waals surface area contributed by atoms with Crippen LogP contribution in [0.5, 0.6) is 5.75 Å². The number of nitrogens with zero attached hydrogens (tertiary/aromatic N) is 2. The standard InChI is InChI=1S/C14H22N2O2/c1-4-16(5-2)14(18)11-15(3)10-12-7-6-8-13(17)9-12/h6-9,17H,4-5,10-11H2,1-3H3. The first-order valence-corrected chi connectivity index (χ1v) is 6.31. The number of aromatic hydroxyl groups is 1. The highest BCUT2D eigenvalue weighted by Crippen LogP contribution is 2.12. The van der Waals surface area contributed by atoms with E-state index < -0.39 is 0 Å². The molecule has 1 aromatic rings. The molecule has 0 radical (unpaired) electrons. The Labute approximate surface area is 109 Å². The highest BCUT2D eigenvalue weighted by Gasteiger charge is 2.12. The van der Waals surface area contributed by atoms with Crippen LogP contribution >= 0.6 is 0 Å². The van der Waals surface area contributed by atoms with Crippen LogP contribution in [0.2, 0.25) is 0 Å². The van der Waals surface area contributed by atoms with Crippen molar-refractivity contribution in [3.05, 3.63) is 29.8 Å². The number of amides is 1. The molecule has 0 spiro atoms. The fourth-order valence-electron chi connectivity index (χ4n) is 1.93. The summed E-state index contributed by atoms with van der Waals surface area (Å²) >= 11 is 0. The second-order valence-electron chi connectivity index (χ2n) is 4.41. The lowest BCUT2D eigenvalue weighted by Crippen LogP contribution is -2.38. The lowest BCUT2D eigenvalue weighted by molar-refractivity contribution is -0.131. The summed E-state index contributed by atoms with van der Waals surface area (Å²) in [6, 6.07) is 7.12. The predicted octanol–water partition coefficient (Wildman–Crippen LogP) is 1.69. The summed E-state index contributed by atoms with van der Waals surface area (Å²) in [5, 5.41) is 9.38. The van der Waals surface area contributed by atoms with Crippen LogP contribution in [0.1, 0.15) is 19.4 Å². The van der Waals surface area contributed by atoms with Crippen molar-refractivity contribution < 1.29 is 9.90 Å². The topological polar surface area (TPSA) is 43.8 Å². The second kappa shape index (κ2) is 7.01.